The zero-order valence-electron chi connectivity index (χ0n) is 12.4. The Balaban J connectivity index is 1.47. The number of nitrogens with one attached hydrogen (secondary N) is 1. The average Bonchev–Trinajstić information content (AvgIpc) is 2.57. The summed E-state index contributed by atoms with van der Waals surface area (Å²) in [5.74, 6) is 1.27. The number of hydrogen-bond acceptors (Lipinski definition) is 5. The van der Waals surface area contributed by atoms with Crippen LogP contribution in [0.25, 0.3) is 0 Å². The van der Waals surface area contributed by atoms with Gasteiger partial charge in [-0.15, -0.1) is 0 Å². The summed E-state index contributed by atoms with van der Waals surface area (Å²) in [6, 6.07) is 5.96. The van der Waals surface area contributed by atoms with Crippen molar-refractivity contribution in [2.75, 3.05) is 63.8 Å². The molecular weight excluding hydrogens is 266 g/mol. The molecule has 0 unspecified atom stereocenters. The first kappa shape index (κ1) is 14.3. The number of carbonyl (C=O) groups excluding carboxylic acids is 1. The lowest BCUT2D eigenvalue weighted by molar-refractivity contribution is -0.132. The Morgan fingerprint density at radius 2 is 1.86 bits per heavy atom. The van der Waals surface area contributed by atoms with Crippen LogP contribution in [-0.4, -0.2) is 79.6 Å². The van der Waals surface area contributed by atoms with Crippen LogP contribution in [0.4, 0.5) is 5.82 Å². The van der Waals surface area contributed by atoms with Gasteiger partial charge in [0.2, 0.25) is 5.91 Å². The number of hydrogen-bond donors (Lipinski definition) is 1. The number of pyridine rings is 1. The maximum absolute atomic E-state index is 12.3. The zero-order chi connectivity index (χ0) is 14.5. The van der Waals surface area contributed by atoms with Crippen molar-refractivity contribution in [3.8, 4) is 0 Å². The van der Waals surface area contributed by atoms with Crippen LogP contribution >= 0.6 is 0 Å². The number of nitrogens with zero attached hydrogens (tertiary/aromatic N) is 4. The van der Waals surface area contributed by atoms with Crippen molar-refractivity contribution < 1.29 is 4.79 Å². The van der Waals surface area contributed by atoms with Crippen molar-refractivity contribution in [1.82, 2.24) is 20.1 Å². The molecule has 3 heterocycles. The van der Waals surface area contributed by atoms with Crippen LogP contribution in [0.1, 0.15) is 0 Å². The van der Waals surface area contributed by atoms with Gasteiger partial charge in [-0.3, -0.25) is 9.69 Å². The Labute approximate surface area is 125 Å². The molecule has 2 fully saturated rings. The van der Waals surface area contributed by atoms with Crippen molar-refractivity contribution in [2.24, 2.45) is 0 Å². The van der Waals surface area contributed by atoms with E-state index < -0.39 is 0 Å². The quantitative estimate of drug-likeness (QED) is 0.823. The van der Waals surface area contributed by atoms with Crippen molar-refractivity contribution in [2.45, 2.75) is 0 Å². The lowest BCUT2D eigenvalue weighted by Crippen LogP contribution is -2.53. The van der Waals surface area contributed by atoms with Crippen molar-refractivity contribution in [3.63, 3.8) is 0 Å². The van der Waals surface area contributed by atoms with Crippen molar-refractivity contribution in [3.05, 3.63) is 24.4 Å². The number of amides is 1. The lowest BCUT2D eigenvalue weighted by atomic mass is 10.2. The molecule has 2 aliphatic heterocycles. The molecule has 6 heteroatoms. The molecule has 2 saturated heterocycles. The predicted molar refractivity (Wildman–Crippen MR) is 82.3 cm³/mol. The second kappa shape index (κ2) is 6.87. The highest BCUT2D eigenvalue weighted by molar-refractivity contribution is 5.78. The van der Waals surface area contributed by atoms with Crippen LogP contribution < -0.4 is 10.2 Å². The first-order chi connectivity index (χ1) is 10.3. The molecule has 0 aromatic carbocycles. The van der Waals surface area contributed by atoms with E-state index in [0.717, 1.165) is 58.2 Å². The van der Waals surface area contributed by atoms with Gasteiger partial charge in [0.15, 0.2) is 0 Å². The van der Waals surface area contributed by atoms with E-state index in [1.807, 2.05) is 29.3 Å². The maximum Gasteiger partial charge on any atom is 0.236 e. The summed E-state index contributed by atoms with van der Waals surface area (Å²) < 4.78 is 0. The molecule has 0 atom stereocenters. The molecule has 2 aliphatic rings. The monoisotopic (exact) mass is 289 g/mol. The van der Waals surface area contributed by atoms with E-state index in [0.29, 0.717) is 6.54 Å². The summed E-state index contributed by atoms with van der Waals surface area (Å²) in [6.07, 6.45) is 1.82. The second-order valence-corrected chi connectivity index (χ2v) is 5.58. The fraction of sp³-hybridized carbons (Fsp3) is 0.600. The molecule has 0 radical (unpaired) electrons. The van der Waals surface area contributed by atoms with Gasteiger partial charge in [0.25, 0.3) is 0 Å². The molecule has 6 nitrogen and oxygen atoms in total. The molecule has 3 rings (SSSR count). The minimum Gasteiger partial charge on any atom is -0.353 e. The van der Waals surface area contributed by atoms with Crippen LogP contribution in [-0.2, 0) is 4.79 Å². The van der Waals surface area contributed by atoms with Crippen molar-refractivity contribution in [1.29, 1.82) is 0 Å². The molecule has 1 aromatic rings. The molecule has 1 aromatic heterocycles. The smallest absolute Gasteiger partial charge is 0.236 e. The average molecular weight is 289 g/mol. The molecule has 0 aliphatic carbocycles. The van der Waals surface area contributed by atoms with Gasteiger partial charge in [0.1, 0.15) is 5.82 Å². The minimum absolute atomic E-state index is 0.262. The van der Waals surface area contributed by atoms with E-state index in [-0.39, 0.29) is 5.91 Å². The molecule has 21 heavy (non-hydrogen) atoms. The van der Waals surface area contributed by atoms with Crippen LogP contribution in [0.2, 0.25) is 0 Å². The number of piperazine rings is 2. The van der Waals surface area contributed by atoms with Gasteiger partial charge in [-0.25, -0.2) is 4.98 Å². The summed E-state index contributed by atoms with van der Waals surface area (Å²) >= 11 is 0. The highest BCUT2D eigenvalue weighted by Gasteiger charge is 2.23. The third-order valence-electron chi connectivity index (χ3n) is 4.17. The summed E-state index contributed by atoms with van der Waals surface area (Å²) in [4.78, 5) is 23.2. The van der Waals surface area contributed by atoms with E-state index >= 15 is 0 Å². The Morgan fingerprint density at radius 1 is 1.10 bits per heavy atom. The molecule has 0 spiro atoms. The third-order valence-corrected chi connectivity index (χ3v) is 4.17. The van der Waals surface area contributed by atoms with Crippen LogP contribution in [0.15, 0.2) is 24.4 Å². The molecule has 0 saturated carbocycles. The lowest BCUT2D eigenvalue weighted by Gasteiger charge is -2.36. The Morgan fingerprint density at radius 3 is 2.52 bits per heavy atom. The van der Waals surface area contributed by atoms with Gasteiger partial charge in [-0.2, -0.15) is 0 Å². The SMILES string of the molecule is O=C(CN1CCNCC1)N1CCN(c2ccccn2)CC1. The molecule has 1 N–H and O–H groups in total. The highest BCUT2D eigenvalue weighted by atomic mass is 16.2. The van der Waals surface area contributed by atoms with Gasteiger partial charge in [0, 0.05) is 58.6 Å². The van der Waals surface area contributed by atoms with Crippen LogP contribution in [0.5, 0.6) is 0 Å². The van der Waals surface area contributed by atoms with E-state index in [4.69, 9.17) is 0 Å². The Bertz CT molecular complexity index is 452. The van der Waals surface area contributed by atoms with Gasteiger partial charge in [-0.1, -0.05) is 6.07 Å². The summed E-state index contributed by atoms with van der Waals surface area (Å²) in [5, 5.41) is 3.31. The topological polar surface area (TPSA) is 51.7 Å². The fourth-order valence-electron chi connectivity index (χ4n) is 2.89. The predicted octanol–water partition coefficient (Wildman–Crippen LogP) is -0.365. The number of rotatable bonds is 3. The Hall–Kier alpha value is -1.66. The van der Waals surface area contributed by atoms with Gasteiger partial charge in [-0.05, 0) is 12.1 Å². The van der Waals surface area contributed by atoms with Gasteiger partial charge < -0.3 is 15.1 Å². The first-order valence-corrected chi connectivity index (χ1v) is 7.70. The molecule has 1 amide bonds. The molecular formula is C15H23N5O. The molecule has 114 valence electrons. The first-order valence-electron chi connectivity index (χ1n) is 7.70. The summed E-state index contributed by atoms with van der Waals surface area (Å²) in [6.45, 7) is 7.80. The normalized spacial score (nSPS) is 20.6. The number of aromatic nitrogens is 1. The van der Waals surface area contributed by atoms with E-state index in [2.05, 4.69) is 20.1 Å². The number of carbonyl (C=O) groups is 1. The highest BCUT2D eigenvalue weighted by Crippen LogP contribution is 2.12. The standard InChI is InChI=1S/C15H23N5O/c21-15(13-18-7-5-16-6-8-18)20-11-9-19(10-12-20)14-3-1-2-4-17-14/h1-4,16H,5-13H2. The largest absolute Gasteiger partial charge is 0.353 e. The minimum atomic E-state index is 0.262. The van der Waals surface area contributed by atoms with E-state index in [1.54, 1.807) is 0 Å². The zero-order valence-corrected chi connectivity index (χ0v) is 12.4. The Kier molecular flexibility index (Phi) is 4.67. The van der Waals surface area contributed by atoms with Gasteiger partial charge >= 0.3 is 0 Å². The van der Waals surface area contributed by atoms with Crippen LogP contribution in [0.3, 0.4) is 0 Å². The fourth-order valence-corrected chi connectivity index (χ4v) is 2.89. The van der Waals surface area contributed by atoms with E-state index in [9.17, 15) is 4.79 Å². The summed E-state index contributed by atoms with van der Waals surface area (Å²) in [5.41, 5.74) is 0. The molecule has 0 bridgehead atoms. The van der Waals surface area contributed by atoms with Crippen molar-refractivity contribution >= 4 is 11.7 Å². The van der Waals surface area contributed by atoms with Crippen LogP contribution in [0, 0.1) is 0 Å². The second-order valence-electron chi connectivity index (χ2n) is 5.58. The summed E-state index contributed by atoms with van der Waals surface area (Å²) in [7, 11) is 0. The number of anilines is 1. The third kappa shape index (κ3) is 3.71. The maximum atomic E-state index is 12.3. The van der Waals surface area contributed by atoms with E-state index in [1.165, 1.54) is 0 Å². The van der Waals surface area contributed by atoms with Gasteiger partial charge in [0.05, 0.1) is 6.54 Å².